The lowest BCUT2D eigenvalue weighted by molar-refractivity contribution is -0.137. The van der Waals surface area contributed by atoms with Crippen LogP contribution in [0, 0.1) is 0 Å². The molecule has 0 fully saturated rings. The standard InChI is InChI=1S/C8H10ClNO4S2/c9-6-3-4-8(15-6)16(13,14)10-5-1-2-7(11)12/h3-4,10H,1-2,5H2,(H,11,12). The third-order valence-corrected chi connectivity index (χ3v) is 4.86. The van der Waals surface area contributed by atoms with Gasteiger partial charge in [0.05, 0.1) is 4.34 Å². The third kappa shape index (κ3) is 4.09. The Morgan fingerprint density at radius 2 is 2.19 bits per heavy atom. The summed E-state index contributed by atoms with van der Waals surface area (Å²) in [6, 6.07) is 2.91. The van der Waals surface area contributed by atoms with E-state index >= 15 is 0 Å². The lowest BCUT2D eigenvalue weighted by Crippen LogP contribution is -2.24. The highest BCUT2D eigenvalue weighted by atomic mass is 35.5. The van der Waals surface area contributed by atoms with Gasteiger partial charge in [-0.25, -0.2) is 13.1 Å². The van der Waals surface area contributed by atoms with Crippen molar-refractivity contribution in [3.05, 3.63) is 16.5 Å². The van der Waals surface area contributed by atoms with E-state index < -0.39 is 16.0 Å². The number of sulfonamides is 1. The Balaban J connectivity index is 2.50. The molecule has 8 heteroatoms. The maximum Gasteiger partial charge on any atom is 0.303 e. The number of halogens is 1. The van der Waals surface area contributed by atoms with Gasteiger partial charge in [-0.05, 0) is 18.6 Å². The summed E-state index contributed by atoms with van der Waals surface area (Å²) in [5, 5.41) is 8.37. The molecule has 2 N–H and O–H groups in total. The van der Waals surface area contributed by atoms with Gasteiger partial charge >= 0.3 is 5.97 Å². The van der Waals surface area contributed by atoms with E-state index in [-0.39, 0.29) is 23.6 Å². The molecule has 1 aromatic rings. The van der Waals surface area contributed by atoms with E-state index in [0.29, 0.717) is 4.34 Å². The van der Waals surface area contributed by atoms with Gasteiger partial charge in [-0.3, -0.25) is 4.79 Å². The van der Waals surface area contributed by atoms with Gasteiger partial charge in [-0.15, -0.1) is 11.3 Å². The molecule has 0 atom stereocenters. The summed E-state index contributed by atoms with van der Waals surface area (Å²) in [5.41, 5.74) is 0. The first-order valence-corrected chi connectivity index (χ1v) is 7.06. The maximum atomic E-state index is 11.6. The molecular formula is C8H10ClNO4S2. The third-order valence-electron chi connectivity index (χ3n) is 1.67. The van der Waals surface area contributed by atoms with Crippen LogP contribution in [0.3, 0.4) is 0 Å². The molecule has 0 aliphatic carbocycles. The Kier molecular flexibility index (Phi) is 4.72. The Labute approximate surface area is 102 Å². The molecule has 90 valence electrons. The number of thiophene rings is 1. The van der Waals surface area contributed by atoms with Crippen LogP contribution < -0.4 is 4.72 Å². The van der Waals surface area contributed by atoms with Gasteiger partial charge in [0, 0.05) is 13.0 Å². The highest BCUT2D eigenvalue weighted by Crippen LogP contribution is 2.25. The molecule has 0 bridgehead atoms. The average Bonchev–Trinajstić information content (AvgIpc) is 2.60. The molecule has 0 spiro atoms. The van der Waals surface area contributed by atoms with Gasteiger partial charge in [0.15, 0.2) is 0 Å². The average molecular weight is 284 g/mol. The fourth-order valence-electron chi connectivity index (χ4n) is 0.959. The molecule has 16 heavy (non-hydrogen) atoms. The van der Waals surface area contributed by atoms with Gasteiger partial charge in [0.25, 0.3) is 0 Å². The number of carboxylic acid groups (broad SMARTS) is 1. The van der Waals surface area contributed by atoms with Gasteiger partial charge in [-0.2, -0.15) is 0 Å². The first kappa shape index (κ1) is 13.4. The van der Waals surface area contributed by atoms with Crippen LogP contribution in [0.5, 0.6) is 0 Å². The van der Waals surface area contributed by atoms with Crippen molar-refractivity contribution in [2.24, 2.45) is 0 Å². The van der Waals surface area contributed by atoms with Crippen molar-refractivity contribution in [1.82, 2.24) is 4.72 Å². The summed E-state index contributed by atoms with van der Waals surface area (Å²) in [6.07, 6.45) is 0.196. The molecule has 0 aliphatic heterocycles. The molecule has 1 heterocycles. The zero-order valence-electron chi connectivity index (χ0n) is 8.14. The molecule has 0 saturated carbocycles. The van der Waals surface area contributed by atoms with Crippen molar-refractivity contribution >= 4 is 38.9 Å². The van der Waals surface area contributed by atoms with E-state index in [4.69, 9.17) is 16.7 Å². The van der Waals surface area contributed by atoms with Gasteiger partial charge in [-0.1, -0.05) is 11.6 Å². The highest BCUT2D eigenvalue weighted by molar-refractivity contribution is 7.91. The van der Waals surface area contributed by atoms with Crippen LogP contribution in [-0.2, 0) is 14.8 Å². The summed E-state index contributed by atoms with van der Waals surface area (Å²) < 4.78 is 26.0. The van der Waals surface area contributed by atoms with Crippen LogP contribution in [0.15, 0.2) is 16.3 Å². The minimum atomic E-state index is -3.55. The molecule has 0 unspecified atom stereocenters. The smallest absolute Gasteiger partial charge is 0.303 e. The van der Waals surface area contributed by atoms with Crippen molar-refractivity contribution in [1.29, 1.82) is 0 Å². The number of hydrogen-bond donors (Lipinski definition) is 2. The van der Waals surface area contributed by atoms with Crippen molar-refractivity contribution in [3.63, 3.8) is 0 Å². The molecular weight excluding hydrogens is 274 g/mol. The van der Waals surface area contributed by atoms with Crippen LogP contribution in [-0.4, -0.2) is 26.0 Å². The normalized spacial score (nSPS) is 11.6. The van der Waals surface area contributed by atoms with E-state index in [0.717, 1.165) is 11.3 Å². The summed E-state index contributed by atoms with van der Waals surface area (Å²) in [5.74, 6) is -0.946. The fraction of sp³-hybridized carbons (Fsp3) is 0.375. The quantitative estimate of drug-likeness (QED) is 0.776. The van der Waals surface area contributed by atoms with Crippen molar-refractivity contribution in [2.75, 3.05) is 6.54 Å². The van der Waals surface area contributed by atoms with Crippen LogP contribution in [0.4, 0.5) is 0 Å². The number of carbonyl (C=O) groups is 1. The number of carboxylic acids is 1. The van der Waals surface area contributed by atoms with Crippen molar-refractivity contribution in [3.8, 4) is 0 Å². The zero-order chi connectivity index (χ0) is 12.2. The minimum Gasteiger partial charge on any atom is -0.481 e. The fourth-order valence-corrected chi connectivity index (χ4v) is 3.56. The molecule has 0 saturated heterocycles. The first-order valence-electron chi connectivity index (χ1n) is 4.38. The number of nitrogens with one attached hydrogen (secondary N) is 1. The Hall–Kier alpha value is -0.630. The first-order chi connectivity index (χ1) is 7.42. The topological polar surface area (TPSA) is 83.5 Å². The summed E-state index contributed by atoms with van der Waals surface area (Å²) in [7, 11) is -3.55. The second-order valence-electron chi connectivity index (χ2n) is 2.95. The molecule has 1 rings (SSSR count). The van der Waals surface area contributed by atoms with Crippen LogP contribution in [0.1, 0.15) is 12.8 Å². The minimum absolute atomic E-state index is 0.0618. The Morgan fingerprint density at radius 3 is 2.69 bits per heavy atom. The monoisotopic (exact) mass is 283 g/mol. The summed E-state index contributed by atoms with van der Waals surface area (Å²) in [4.78, 5) is 10.2. The second kappa shape index (κ2) is 5.62. The van der Waals surface area contributed by atoms with E-state index in [1.54, 1.807) is 0 Å². The molecule has 0 aliphatic rings. The van der Waals surface area contributed by atoms with E-state index in [1.165, 1.54) is 12.1 Å². The lowest BCUT2D eigenvalue weighted by Gasteiger charge is -2.02. The molecule has 5 nitrogen and oxygen atoms in total. The molecule has 0 amide bonds. The predicted octanol–water partition coefficient (Wildman–Crippen LogP) is 1.54. The van der Waals surface area contributed by atoms with Gasteiger partial charge < -0.3 is 5.11 Å². The van der Waals surface area contributed by atoms with Crippen LogP contribution in [0.2, 0.25) is 4.34 Å². The Morgan fingerprint density at radius 1 is 1.50 bits per heavy atom. The highest BCUT2D eigenvalue weighted by Gasteiger charge is 2.15. The maximum absolute atomic E-state index is 11.6. The largest absolute Gasteiger partial charge is 0.481 e. The summed E-state index contributed by atoms with van der Waals surface area (Å²) >= 11 is 6.58. The second-order valence-corrected chi connectivity index (χ2v) is 6.66. The predicted molar refractivity (Wildman–Crippen MR) is 61.4 cm³/mol. The summed E-state index contributed by atoms with van der Waals surface area (Å²) in [6.45, 7) is 0.101. The van der Waals surface area contributed by atoms with Gasteiger partial charge in [0.2, 0.25) is 10.0 Å². The van der Waals surface area contributed by atoms with Crippen molar-refractivity contribution < 1.29 is 18.3 Å². The van der Waals surface area contributed by atoms with E-state index in [1.807, 2.05) is 0 Å². The molecule has 0 radical (unpaired) electrons. The molecule has 0 aromatic carbocycles. The number of aliphatic carboxylic acids is 1. The van der Waals surface area contributed by atoms with Gasteiger partial charge in [0.1, 0.15) is 4.21 Å². The Bertz CT molecular complexity index is 468. The van der Waals surface area contributed by atoms with Crippen LogP contribution in [0.25, 0.3) is 0 Å². The van der Waals surface area contributed by atoms with Crippen LogP contribution >= 0.6 is 22.9 Å². The van der Waals surface area contributed by atoms with E-state index in [9.17, 15) is 13.2 Å². The van der Waals surface area contributed by atoms with E-state index in [2.05, 4.69) is 4.72 Å². The number of rotatable bonds is 6. The number of hydrogen-bond acceptors (Lipinski definition) is 4. The zero-order valence-corrected chi connectivity index (χ0v) is 10.5. The van der Waals surface area contributed by atoms with Crippen molar-refractivity contribution in [2.45, 2.75) is 17.1 Å². The SMILES string of the molecule is O=C(O)CCCNS(=O)(=O)c1ccc(Cl)s1. The molecule has 1 aromatic heterocycles. The lowest BCUT2D eigenvalue weighted by atomic mass is 10.3.